The van der Waals surface area contributed by atoms with Crippen LogP contribution in [-0.4, -0.2) is 12.7 Å². The lowest BCUT2D eigenvalue weighted by Crippen LogP contribution is -2.08. The Morgan fingerprint density at radius 1 is 1.43 bits per heavy atom. The Bertz CT molecular complexity index is 45.3. The van der Waals surface area contributed by atoms with Crippen molar-refractivity contribution in [3.05, 3.63) is 0 Å². The SMILES string of the molecule is COC(Cl)C(C)C. The lowest BCUT2D eigenvalue weighted by molar-refractivity contribution is 0.130. The van der Waals surface area contributed by atoms with Gasteiger partial charge in [0, 0.05) is 7.11 Å². The molecule has 0 aliphatic carbocycles. The summed E-state index contributed by atoms with van der Waals surface area (Å²) < 4.78 is 4.78. The van der Waals surface area contributed by atoms with E-state index in [1.807, 2.05) is 13.8 Å². The molecule has 0 radical (unpaired) electrons. The molecule has 44 valence electrons. The standard InChI is InChI=1S/C5H11ClO/c1-4(2)5(6)7-3/h4-5H,1-3H3. The first-order valence-electron chi connectivity index (χ1n) is 2.35. The Kier molecular flexibility index (Phi) is 3.39. The molecule has 0 spiro atoms. The van der Waals surface area contributed by atoms with E-state index in [0.29, 0.717) is 5.92 Å². The van der Waals surface area contributed by atoms with Crippen LogP contribution in [0, 0.1) is 5.92 Å². The van der Waals surface area contributed by atoms with E-state index in [9.17, 15) is 0 Å². The van der Waals surface area contributed by atoms with Crippen LogP contribution in [-0.2, 0) is 4.74 Å². The number of halogens is 1. The molecule has 0 aromatic rings. The average molecular weight is 123 g/mol. The molecule has 0 N–H and O–H groups in total. The third-order valence-electron chi connectivity index (χ3n) is 0.749. The Morgan fingerprint density at radius 2 is 1.86 bits per heavy atom. The summed E-state index contributed by atoms with van der Waals surface area (Å²) in [6, 6.07) is 0. The van der Waals surface area contributed by atoms with Crippen molar-refractivity contribution >= 4 is 11.6 Å². The summed E-state index contributed by atoms with van der Waals surface area (Å²) in [5.41, 5.74) is -0.125. The first-order chi connectivity index (χ1) is 3.18. The van der Waals surface area contributed by atoms with Gasteiger partial charge in [0.2, 0.25) is 0 Å². The maximum atomic E-state index is 5.58. The fourth-order valence-electron chi connectivity index (χ4n) is 0.272. The van der Waals surface area contributed by atoms with Crippen molar-refractivity contribution in [1.82, 2.24) is 0 Å². The zero-order valence-corrected chi connectivity index (χ0v) is 5.70. The Labute approximate surface area is 49.6 Å². The molecule has 0 aliphatic rings. The minimum absolute atomic E-state index is 0.125. The summed E-state index contributed by atoms with van der Waals surface area (Å²) in [6.45, 7) is 4.03. The second-order valence-electron chi connectivity index (χ2n) is 1.83. The van der Waals surface area contributed by atoms with Crippen molar-refractivity contribution in [2.75, 3.05) is 7.11 Å². The summed E-state index contributed by atoms with van der Waals surface area (Å²) >= 11 is 5.58. The second kappa shape index (κ2) is 3.28. The summed E-state index contributed by atoms with van der Waals surface area (Å²) in [7, 11) is 1.61. The van der Waals surface area contributed by atoms with Gasteiger partial charge in [-0.3, -0.25) is 0 Å². The molecule has 1 atom stereocenters. The molecule has 0 aromatic heterocycles. The molecule has 0 heterocycles. The Hall–Kier alpha value is 0.250. The van der Waals surface area contributed by atoms with Gasteiger partial charge >= 0.3 is 0 Å². The van der Waals surface area contributed by atoms with Crippen LogP contribution in [0.3, 0.4) is 0 Å². The molecule has 0 bridgehead atoms. The molecular weight excluding hydrogens is 112 g/mol. The number of ether oxygens (including phenoxy) is 1. The summed E-state index contributed by atoms with van der Waals surface area (Å²) in [6.07, 6.45) is 0. The zero-order chi connectivity index (χ0) is 5.86. The van der Waals surface area contributed by atoms with Crippen LogP contribution in [0.25, 0.3) is 0 Å². The van der Waals surface area contributed by atoms with E-state index >= 15 is 0 Å². The molecule has 7 heavy (non-hydrogen) atoms. The number of methoxy groups -OCH3 is 1. The van der Waals surface area contributed by atoms with Gasteiger partial charge in [0.15, 0.2) is 0 Å². The van der Waals surface area contributed by atoms with Crippen LogP contribution in [0.15, 0.2) is 0 Å². The third-order valence-corrected chi connectivity index (χ3v) is 1.43. The fraction of sp³-hybridized carbons (Fsp3) is 1.00. The zero-order valence-electron chi connectivity index (χ0n) is 4.94. The predicted octanol–water partition coefficient (Wildman–Crippen LogP) is 1.85. The summed E-state index contributed by atoms with van der Waals surface area (Å²) in [4.78, 5) is 0. The molecule has 1 unspecified atom stereocenters. The highest BCUT2D eigenvalue weighted by Gasteiger charge is 2.04. The van der Waals surface area contributed by atoms with E-state index in [0.717, 1.165) is 0 Å². The van der Waals surface area contributed by atoms with Crippen molar-refractivity contribution in [3.63, 3.8) is 0 Å². The molecule has 2 heteroatoms. The molecule has 0 aromatic carbocycles. The van der Waals surface area contributed by atoms with Crippen molar-refractivity contribution in [1.29, 1.82) is 0 Å². The van der Waals surface area contributed by atoms with E-state index in [1.165, 1.54) is 0 Å². The van der Waals surface area contributed by atoms with Gasteiger partial charge in [0.05, 0.1) is 0 Å². The van der Waals surface area contributed by atoms with Crippen LogP contribution < -0.4 is 0 Å². The number of rotatable bonds is 2. The van der Waals surface area contributed by atoms with E-state index in [-0.39, 0.29) is 5.56 Å². The molecule has 0 saturated heterocycles. The minimum Gasteiger partial charge on any atom is -0.365 e. The van der Waals surface area contributed by atoms with E-state index in [4.69, 9.17) is 16.3 Å². The van der Waals surface area contributed by atoms with Gasteiger partial charge in [0.1, 0.15) is 5.56 Å². The maximum Gasteiger partial charge on any atom is 0.133 e. The predicted molar refractivity (Wildman–Crippen MR) is 31.5 cm³/mol. The quantitative estimate of drug-likeness (QED) is 0.508. The van der Waals surface area contributed by atoms with Gasteiger partial charge in [-0.2, -0.15) is 0 Å². The highest BCUT2D eigenvalue weighted by atomic mass is 35.5. The van der Waals surface area contributed by atoms with Gasteiger partial charge in [0.25, 0.3) is 0 Å². The molecule has 0 amide bonds. The largest absolute Gasteiger partial charge is 0.365 e. The second-order valence-corrected chi connectivity index (χ2v) is 2.26. The smallest absolute Gasteiger partial charge is 0.133 e. The third kappa shape index (κ3) is 2.89. The van der Waals surface area contributed by atoms with Gasteiger partial charge in [-0.05, 0) is 5.92 Å². The van der Waals surface area contributed by atoms with Crippen LogP contribution in [0.4, 0.5) is 0 Å². The normalized spacial score (nSPS) is 15.0. The van der Waals surface area contributed by atoms with E-state index in [1.54, 1.807) is 7.11 Å². The highest BCUT2D eigenvalue weighted by Crippen LogP contribution is 2.08. The van der Waals surface area contributed by atoms with Crippen LogP contribution in [0.2, 0.25) is 0 Å². The number of alkyl halides is 1. The van der Waals surface area contributed by atoms with E-state index in [2.05, 4.69) is 0 Å². The van der Waals surface area contributed by atoms with Crippen molar-refractivity contribution < 1.29 is 4.74 Å². The topological polar surface area (TPSA) is 9.23 Å². The van der Waals surface area contributed by atoms with Crippen molar-refractivity contribution in [2.45, 2.75) is 19.4 Å². The minimum atomic E-state index is -0.125. The maximum absolute atomic E-state index is 5.58. The Morgan fingerprint density at radius 3 is 1.86 bits per heavy atom. The average Bonchev–Trinajstić information content (AvgIpc) is 1.65. The van der Waals surface area contributed by atoms with Gasteiger partial charge in [-0.25, -0.2) is 0 Å². The summed E-state index contributed by atoms with van der Waals surface area (Å²) in [5, 5.41) is 0. The summed E-state index contributed by atoms with van der Waals surface area (Å²) in [5.74, 6) is 0.409. The monoisotopic (exact) mass is 122 g/mol. The van der Waals surface area contributed by atoms with Crippen LogP contribution in [0.5, 0.6) is 0 Å². The molecule has 1 nitrogen and oxygen atoms in total. The number of hydrogen-bond donors (Lipinski definition) is 0. The van der Waals surface area contributed by atoms with Gasteiger partial charge in [-0.1, -0.05) is 25.4 Å². The lowest BCUT2D eigenvalue weighted by atomic mass is 10.2. The first kappa shape index (κ1) is 7.25. The molecule has 0 fully saturated rings. The molecule has 0 rings (SSSR count). The van der Waals surface area contributed by atoms with Gasteiger partial charge < -0.3 is 4.74 Å². The fourth-order valence-corrected chi connectivity index (χ4v) is 0.272. The van der Waals surface area contributed by atoms with Crippen molar-refractivity contribution in [3.8, 4) is 0 Å². The van der Waals surface area contributed by atoms with Crippen molar-refractivity contribution in [2.24, 2.45) is 5.92 Å². The van der Waals surface area contributed by atoms with E-state index < -0.39 is 0 Å². The first-order valence-corrected chi connectivity index (χ1v) is 2.79. The molecule has 0 aliphatic heterocycles. The highest BCUT2D eigenvalue weighted by molar-refractivity contribution is 6.19. The van der Waals surface area contributed by atoms with Crippen LogP contribution >= 0.6 is 11.6 Å². The lowest BCUT2D eigenvalue weighted by Gasteiger charge is -2.08. The molecule has 0 saturated carbocycles. The Balaban J connectivity index is 3.14. The van der Waals surface area contributed by atoms with Gasteiger partial charge in [-0.15, -0.1) is 0 Å². The molecular formula is C5H11ClO. The number of hydrogen-bond acceptors (Lipinski definition) is 1. The van der Waals surface area contributed by atoms with Crippen LogP contribution in [0.1, 0.15) is 13.8 Å².